The zero-order chi connectivity index (χ0) is 23.3. The number of halogens is 1. The summed E-state index contributed by atoms with van der Waals surface area (Å²) in [4.78, 5) is 50.3. The van der Waals surface area contributed by atoms with Gasteiger partial charge >= 0.3 is 5.97 Å². The van der Waals surface area contributed by atoms with Gasteiger partial charge in [0.1, 0.15) is 12.3 Å². The number of phenolic OH excluding ortho intramolecular Hbond substituents is 1. The minimum atomic E-state index is -0.624. The fourth-order valence-electron chi connectivity index (χ4n) is 2.78. The first-order valence-corrected chi connectivity index (χ1v) is 10.8. The molecule has 1 saturated heterocycles. The van der Waals surface area contributed by atoms with Crippen LogP contribution in [-0.2, 0) is 14.3 Å². The number of aromatic hydroxyl groups is 1. The molecule has 1 heterocycles. The summed E-state index contributed by atoms with van der Waals surface area (Å²) in [5.41, 5.74) is 0.909. The third kappa shape index (κ3) is 5.68. The summed E-state index contributed by atoms with van der Waals surface area (Å²) in [6, 6.07) is 10.5. The number of nitrogens with zero attached hydrogens (tertiary/aromatic N) is 1. The molecule has 166 valence electrons. The molecule has 3 rings (SSSR count). The maximum atomic E-state index is 12.6. The fraction of sp³-hybridized carbons (Fsp3) is 0.182. The number of amides is 3. The van der Waals surface area contributed by atoms with Crippen molar-refractivity contribution in [2.75, 3.05) is 18.5 Å². The van der Waals surface area contributed by atoms with Crippen molar-refractivity contribution in [2.45, 2.75) is 13.3 Å². The highest BCUT2D eigenvalue weighted by molar-refractivity contribution is 8.18. The number of imide groups is 1. The van der Waals surface area contributed by atoms with E-state index in [0.29, 0.717) is 23.7 Å². The van der Waals surface area contributed by atoms with E-state index in [1.807, 2.05) is 6.92 Å². The molecule has 0 bridgehead atoms. The Bertz CT molecular complexity index is 1120. The Labute approximate surface area is 193 Å². The average Bonchev–Trinajstić information content (AvgIpc) is 3.00. The first-order chi connectivity index (χ1) is 15.3. The van der Waals surface area contributed by atoms with Crippen molar-refractivity contribution in [1.29, 1.82) is 0 Å². The number of thioether (sulfide) groups is 1. The molecule has 2 aromatic carbocycles. The van der Waals surface area contributed by atoms with Crippen molar-refractivity contribution in [3.05, 3.63) is 63.5 Å². The van der Waals surface area contributed by atoms with Gasteiger partial charge in [-0.1, -0.05) is 30.7 Å². The van der Waals surface area contributed by atoms with Gasteiger partial charge in [0, 0.05) is 5.69 Å². The molecule has 2 N–H and O–H groups in total. The molecule has 1 aliphatic heterocycles. The molecule has 32 heavy (non-hydrogen) atoms. The molecule has 3 amide bonds. The van der Waals surface area contributed by atoms with Gasteiger partial charge in [0.05, 0.1) is 22.1 Å². The zero-order valence-corrected chi connectivity index (χ0v) is 18.5. The Balaban J connectivity index is 1.68. The van der Waals surface area contributed by atoms with Crippen molar-refractivity contribution in [1.82, 2.24) is 4.90 Å². The topological polar surface area (TPSA) is 113 Å². The molecule has 2 aromatic rings. The van der Waals surface area contributed by atoms with Crippen LogP contribution in [0, 0.1) is 0 Å². The summed E-state index contributed by atoms with van der Waals surface area (Å²) < 4.78 is 5.06. The van der Waals surface area contributed by atoms with Crippen LogP contribution in [0.15, 0.2) is 47.4 Å². The van der Waals surface area contributed by atoms with Crippen LogP contribution in [0.25, 0.3) is 6.08 Å². The van der Waals surface area contributed by atoms with Gasteiger partial charge in [-0.05, 0) is 60.2 Å². The molecule has 0 atom stereocenters. The Morgan fingerprint density at radius 2 is 2.00 bits per heavy atom. The Morgan fingerprint density at radius 1 is 1.22 bits per heavy atom. The second kappa shape index (κ2) is 10.3. The lowest BCUT2D eigenvalue weighted by Gasteiger charge is -2.13. The lowest BCUT2D eigenvalue weighted by Crippen LogP contribution is -2.36. The van der Waals surface area contributed by atoms with Gasteiger partial charge in [-0.2, -0.15) is 0 Å². The summed E-state index contributed by atoms with van der Waals surface area (Å²) >= 11 is 6.74. The minimum absolute atomic E-state index is 0.0262. The molecule has 0 unspecified atom stereocenters. The van der Waals surface area contributed by atoms with Crippen LogP contribution in [0.5, 0.6) is 5.75 Å². The van der Waals surface area contributed by atoms with Crippen molar-refractivity contribution < 1.29 is 29.0 Å². The third-order valence-corrected chi connectivity index (χ3v) is 5.49. The van der Waals surface area contributed by atoms with Gasteiger partial charge in [0.15, 0.2) is 0 Å². The number of carbonyl (C=O) groups excluding carboxylic acids is 4. The van der Waals surface area contributed by atoms with Crippen LogP contribution in [0.4, 0.5) is 10.5 Å². The van der Waals surface area contributed by atoms with Crippen LogP contribution >= 0.6 is 23.4 Å². The van der Waals surface area contributed by atoms with Crippen LogP contribution in [0.3, 0.4) is 0 Å². The molecule has 1 fully saturated rings. The Morgan fingerprint density at radius 3 is 2.72 bits per heavy atom. The monoisotopic (exact) mass is 474 g/mol. The van der Waals surface area contributed by atoms with E-state index in [1.54, 1.807) is 12.1 Å². The van der Waals surface area contributed by atoms with Crippen LogP contribution in [-0.4, -0.2) is 46.2 Å². The number of hydrogen-bond donors (Lipinski definition) is 2. The summed E-state index contributed by atoms with van der Waals surface area (Å²) in [6.45, 7) is 1.59. The van der Waals surface area contributed by atoms with Crippen molar-refractivity contribution in [3.8, 4) is 5.75 Å². The van der Waals surface area contributed by atoms with Gasteiger partial charge in [0.2, 0.25) is 5.91 Å². The molecule has 0 aliphatic carbocycles. The lowest BCUT2D eigenvalue weighted by atomic mass is 10.2. The van der Waals surface area contributed by atoms with Crippen molar-refractivity contribution in [2.24, 2.45) is 0 Å². The number of hydrogen-bond acceptors (Lipinski definition) is 7. The number of anilines is 1. The third-order valence-electron chi connectivity index (χ3n) is 4.25. The predicted octanol–water partition coefficient (Wildman–Crippen LogP) is 4.29. The average molecular weight is 475 g/mol. The molecular formula is C22H19ClN2O6S. The Kier molecular flexibility index (Phi) is 7.55. The number of rotatable bonds is 7. The van der Waals surface area contributed by atoms with Gasteiger partial charge in [-0.15, -0.1) is 0 Å². The van der Waals surface area contributed by atoms with Gasteiger partial charge < -0.3 is 15.2 Å². The Hall–Kier alpha value is -3.30. The predicted molar refractivity (Wildman–Crippen MR) is 121 cm³/mol. The second-order valence-electron chi connectivity index (χ2n) is 6.74. The number of benzene rings is 2. The summed E-state index contributed by atoms with van der Waals surface area (Å²) in [6.07, 6.45) is 2.12. The molecule has 0 spiro atoms. The quantitative estimate of drug-likeness (QED) is 0.454. The van der Waals surface area contributed by atoms with E-state index in [4.69, 9.17) is 16.3 Å². The van der Waals surface area contributed by atoms with Crippen LogP contribution in [0.1, 0.15) is 29.3 Å². The summed E-state index contributed by atoms with van der Waals surface area (Å²) in [5, 5.41) is 11.7. The number of carbonyl (C=O) groups is 4. The second-order valence-corrected chi connectivity index (χ2v) is 8.14. The van der Waals surface area contributed by atoms with Crippen molar-refractivity contribution >= 4 is 58.1 Å². The van der Waals surface area contributed by atoms with Crippen LogP contribution in [0.2, 0.25) is 5.02 Å². The summed E-state index contributed by atoms with van der Waals surface area (Å²) in [5.74, 6) is -1.83. The number of nitrogens with one attached hydrogen (secondary N) is 1. The van der Waals surface area contributed by atoms with Gasteiger partial charge in [-0.25, -0.2) is 4.79 Å². The standard InChI is InChI=1S/C22H19ClN2O6S/c1-2-8-31-21(29)16-11-14(6-7-17(16)23)24-19(27)12-25-20(28)18(32-22(25)30)10-13-4-3-5-15(26)9-13/h3-7,9-11,26H,2,8,12H2,1H3,(H,24,27)/b18-10+. The van der Waals surface area contributed by atoms with Crippen LogP contribution < -0.4 is 5.32 Å². The van der Waals surface area contributed by atoms with Gasteiger partial charge in [-0.3, -0.25) is 19.3 Å². The molecule has 10 heteroatoms. The SMILES string of the molecule is CCCOC(=O)c1cc(NC(=O)CN2C(=O)S/C(=C/c3cccc(O)c3)C2=O)ccc1Cl. The maximum absolute atomic E-state index is 12.6. The molecule has 0 saturated carbocycles. The fourth-order valence-corrected chi connectivity index (χ4v) is 3.81. The van der Waals surface area contributed by atoms with E-state index in [0.717, 1.165) is 4.90 Å². The summed E-state index contributed by atoms with van der Waals surface area (Å²) in [7, 11) is 0. The van der Waals surface area contributed by atoms with Crippen molar-refractivity contribution in [3.63, 3.8) is 0 Å². The number of ether oxygens (including phenoxy) is 1. The normalized spacial score (nSPS) is 14.7. The zero-order valence-electron chi connectivity index (χ0n) is 17.0. The highest BCUT2D eigenvalue weighted by Gasteiger charge is 2.36. The highest BCUT2D eigenvalue weighted by atomic mass is 35.5. The van der Waals surface area contributed by atoms with E-state index in [-0.39, 0.29) is 33.5 Å². The molecule has 0 aromatic heterocycles. The van der Waals surface area contributed by atoms with E-state index in [1.165, 1.54) is 36.4 Å². The first kappa shape index (κ1) is 23.4. The lowest BCUT2D eigenvalue weighted by molar-refractivity contribution is -0.127. The molecule has 1 aliphatic rings. The highest BCUT2D eigenvalue weighted by Crippen LogP contribution is 2.32. The maximum Gasteiger partial charge on any atom is 0.339 e. The van der Waals surface area contributed by atoms with Gasteiger partial charge in [0.25, 0.3) is 11.1 Å². The van der Waals surface area contributed by atoms with E-state index < -0.39 is 29.6 Å². The van der Waals surface area contributed by atoms with E-state index >= 15 is 0 Å². The van der Waals surface area contributed by atoms with E-state index in [2.05, 4.69) is 5.32 Å². The minimum Gasteiger partial charge on any atom is -0.508 e. The molecule has 0 radical (unpaired) electrons. The molecule has 8 nitrogen and oxygen atoms in total. The smallest absolute Gasteiger partial charge is 0.339 e. The number of phenols is 1. The van der Waals surface area contributed by atoms with E-state index in [9.17, 15) is 24.3 Å². The number of esters is 1. The largest absolute Gasteiger partial charge is 0.508 e. The molecular weight excluding hydrogens is 456 g/mol. The first-order valence-electron chi connectivity index (χ1n) is 9.59.